The van der Waals surface area contributed by atoms with Gasteiger partial charge in [0, 0.05) is 6.42 Å². The molecule has 62 heavy (non-hydrogen) atoms. The van der Waals surface area contributed by atoms with Crippen LogP contribution in [0.5, 0.6) is 0 Å². The first kappa shape index (κ1) is 58.2. The standard InChI is InChI=1S/C53H97NO8/c1-3-5-7-9-11-13-15-17-18-19-20-21-22-23-24-25-26-27-28-29-30-31-33-35-37-39-41-43-49(57)54-46(45-61-53-52(60)51(59)50(58)48(44-55)62-53)47(56)42-40-38-36-34-32-16-14-12-10-8-6-4-2/h15,17,19-20,32,34,40,42,46-48,50-53,55-56,58-60H,3-14,16,18,21-31,33,35-39,41,43-45H2,1-2H3,(H,54,57)/b17-15-,20-19-,34-32+,42-40+. The van der Waals surface area contributed by atoms with Crippen LogP contribution in [-0.2, 0) is 14.3 Å². The molecule has 7 unspecified atom stereocenters. The van der Waals surface area contributed by atoms with Crippen molar-refractivity contribution in [1.29, 1.82) is 0 Å². The molecule has 1 fully saturated rings. The molecule has 362 valence electrons. The fraction of sp³-hybridized carbons (Fsp3) is 0.830. The molecule has 1 amide bonds. The van der Waals surface area contributed by atoms with E-state index in [1.165, 1.54) is 161 Å². The van der Waals surface area contributed by atoms with Gasteiger partial charge in [0.15, 0.2) is 6.29 Å². The van der Waals surface area contributed by atoms with Crippen LogP contribution in [0.3, 0.4) is 0 Å². The first-order chi connectivity index (χ1) is 30.3. The molecule has 0 saturated carbocycles. The Balaban J connectivity index is 2.21. The number of nitrogens with one attached hydrogen (secondary N) is 1. The third-order valence-electron chi connectivity index (χ3n) is 12.1. The maximum Gasteiger partial charge on any atom is 0.220 e. The Morgan fingerprint density at radius 3 is 1.45 bits per heavy atom. The highest BCUT2D eigenvalue weighted by Crippen LogP contribution is 2.23. The molecule has 1 rings (SSSR count). The molecule has 9 heteroatoms. The SMILES string of the molecule is CCCCCCC/C=C\C/C=C\CCCCCCCCCCCCCCCCCC(=O)NC(COC1OC(CO)C(O)C(O)C1O)C(O)/C=C/CC/C=C/CCCCCCCC. The van der Waals surface area contributed by atoms with E-state index < -0.39 is 49.5 Å². The maximum absolute atomic E-state index is 13.0. The largest absolute Gasteiger partial charge is 0.394 e. The molecule has 6 N–H and O–H groups in total. The number of rotatable bonds is 43. The molecular formula is C53H97NO8. The molecule has 1 aliphatic heterocycles. The van der Waals surface area contributed by atoms with Crippen LogP contribution in [0.15, 0.2) is 48.6 Å². The lowest BCUT2D eigenvalue weighted by Crippen LogP contribution is -2.60. The van der Waals surface area contributed by atoms with Gasteiger partial charge < -0.3 is 40.3 Å². The molecule has 1 heterocycles. The van der Waals surface area contributed by atoms with E-state index in [0.29, 0.717) is 6.42 Å². The molecule has 0 aromatic rings. The molecule has 1 aliphatic rings. The highest BCUT2D eigenvalue weighted by Gasteiger charge is 2.44. The fourth-order valence-corrected chi connectivity index (χ4v) is 7.97. The molecule has 0 aromatic heterocycles. The number of hydrogen-bond acceptors (Lipinski definition) is 8. The average Bonchev–Trinajstić information content (AvgIpc) is 3.27. The molecule has 0 radical (unpaired) electrons. The van der Waals surface area contributed by atoms with Crippen molar-refractivity contribution in [2.75, 3.05) is 13.2 Å². The summed E-state index contributed by atoms with van der Waals surface area (Å²) in [4.78, 5) is 13.0. The maximum atomic E-state index is 13.0. The van der Waals surface area contributed by atoms with E-state index in [2.05, 4.69) is 55.6 Å². The summed E-state index contributed by atoms with van der Waals surface area (Å²) < 4.78 is 11.2. The van der Waals surface area contributed by atoms with E-state index in [-0.39, 0.29) is 12.5 Å². The van der Waals surface area contributed by atoms with Crippen molar-refractivity contribution in [3.8, 4) is 0 Å². The first-order valence-corrected chi connectivity index (χ1v) is 25.9. The molecular weight excluding hydrogens is 779 g/mol. The summed E-state index contributed by atoms with van der Waals surface area (Å²) in [7, 11) is 0. The zero-order valence-electron chi connectivity index (χ0n) is 39.9. The van der Waals surface area contributed by atoms with Crippen LogP contribution < -0.4 is 5.32 Å². The van der Waals surface area contributed by atoms with Gasteiger partial charge in [-0.2, -0.15) is 0 Å². The Bertz CT molecular complexity index is 1110. The zero-order valence-corrected chi connectivity index (χ0v) is 39.9. The van der Waals surface area contributed by atoms with Crippen LogP contribution in [-0.4, -0.2) is 87.5 Å². The van der Waals surface area contributed by atoms with Gasteiger partial charge in [-0.15, -0.1) is 0 Å². The molecule has 7 atom stereocenters. The van der Waals surface area contributed by atoms with Crippen molar-refractivity contribution in [2.24, 2.45) is 0 Å². The van der Waals surface area contributed by atoms with Crippen LogP contribution in [0.1, 0.15) is 226 Å². The van der Waals surface area contributed by atoms with Crippen molar-refractivity contribution in [3.63, 3.8) is 0 Å². The average molecular weight is 876 g/mol. The quantitative estimate of drug-likeness (QED) is 0.0262. The van der Waals surface area contributed by atoms with Gasteiger partial charge in [-0.25, -0.2) is 0 Å². The Morgan fingerprint density at radius 1 is 0.548 bits per heavy atom. The minimum atomic E-state index is -1.57. The number of hydrogen-bond donors (Lipinski definition) is 6. The molecule has 0 aromatic carbocycles. The lowest BCUT2D eigenvalue weighted by atomic mass is 9.99. The Kier molecular flexibility index (Phi) is 40.4. The van der Waals surface area contributed by atoms with Gasteiger partial charge in [0.2, 0.25) is 5.91 Å². The Morgan fingerprint density at radius 2 is 0.968 bits per heavy atom. The number of amides is 1. The number of allylic oxidation sites excluding steroid dienone is 7. The molecule has 9 nitrogen and oxygen atoms in total. The Labute approximate surface area is 380 Å². The van der Waals surface area contributed by atoms with Crippen molar-refractivity contribution in [3.05, 3.63) is 48.6 Å². The van der Waals surface area contributed by atoms with E-state index in [9.17, 15) is 30.3 Å². The van der Waals surface area contributed by atoms with Crippen LogP contribution in [0.4, 0.5) is 0 Å². The van der Waals surface area contributed by atoms with Crippen LogP contribution in [0.2, 0.25) is 0 Å². The fourth-order valence-electron chi connectivity index (χ4n) is 7.97. The number of unbranched alkanes of at least 4 members (excludes halogenated alkanes) is 27. The van der Waals surface area contributed by atoms with Crippen LogP contribution in [0, 0.1) is 0 Å². The number of carbonyl (C=O) groups is 1. The predicted octanol–water partition coefficient (Wildman–Crippen LogP) is 11.8. The van der Waals surface area contributed by atoms with Gasteiger partial charge >= 0.3 is 0 Å². The molecule has 0 aliphatic carbocycles. The van der Waals surface area contributed by atoms with E-state index in [1.807, 2.05) is 6.08 Å². The second-order valence-corrected chi connectivity index (χ2v) is 18.0. The topological polar surface area (TPSA) is 149 Å². The number of aliphatic hydroxyl groups excluding tert-OH is 5. The second-order valence-electron chi connectivity index (χ2n) is 18.0. The van der Waals surface area contributed by atoms with Gasteiger partial charge in [-0.3, -0.25) is 4.79 Å². The molecule has 0 spiro atoms. The predicted molar refractivity (Wildman–Crippen MR) is 258 cm³/mol. The van der Waals surface area contributed by atoms with Crippen LogP contribution in [0.25, 0.3) is 0 Å². The first-order valence-electron chi connectivity index (χ1n) is 25.9. The monoisotopic (exact) mass is 876 g/mol. The van der Waals surface area contributed by atoms with E-state index in [0.717, 1.165) is 44.9 Å². The van der Waals surface area contributed by atoms with Crippen molar-refractivity contribution in [1.82, 2.24) is 5.32 Å². The lowest BCUT2D eigenvalue weighted by molar-refractivity contribution is -0.302. The summed E-state index contributed by atoms with van der Waals surface area (Å²) in [5.74, 6) is -0.188. The highest BCUT2D eigenvalue weighted by atomic mass is 16.7. The normalized spacial score (nSPS) is 20.7. The number of carbonyl (C=O) groups excluding carboxylic acids is 1. The number of ether oxygens (including phenoxy) is 2. The summed E-state index contributed by atoms with van der Waals surface area (Å²) >= 11 is 0. The van der Waals surface area contributed by atoms with E-state index in [4.69, 9.17) is 9.47 Å². The van der Waals surface area contributed by atoms with Crippen molar-refractivity contribution < 1.29 is 39.8 Å². The van der Waals surface area contributed by atoms with E-state index in [1.54, 1.807) is 6.08 Å². The summed E-state index contributed by atoms with van der Waals surface area (Å²) in [5, 5.41) is 54.2. The summed E-state index contributed by atoms with van der Waals surface area (Å²) in [6.07, 6.45) is 48.9. The van der Waals surface area contributed by atoms with Gasteiger partial charge in [-0.05, 0) is 64.2 Å². The molecule has 1 saturated heterocycles. The lowest BCUT2D eigenvalue weighted by Gasteiger charge is -2.40. The van der Waals surface area contributed by atoms with Gasteiger partial charge in [0.1, 0.15) is 24.4 Å². The summed E-state index contributed by atoms with van der Waals surface area (Å²) in [6, 6.07) is -0.820. The van der Waals surface area contributed by atoms with Crippen LogP contribution >= 0.6 is 0 Å². The summed E-state index contributed by atoms with van der Waals surface area (Å²) in [6.45, 7) is 3.73. The minimum absolute atomic E-state index is 0.188. The Hall–Kier alpha value is -1.85. The third kappa shape index (κ3) is 32.8. The third-order valence-corrected chi connectivity index (χ3v) is 12.1. The smallest absolute Gasteiger partial charge is 0.220 e. The van der Waals surface area contributed by atoms with Crippen molar-refractivity contribution in [2.45, 2.75) is 269 Å². The van der Waals surface area contributed by atoms with Gasteiger partial charge in [-0.1, -0.05) is 204 Å². The minimum Gasteiger partial charge on any atom is -0.394 e. The second kappa shape index (κ2) is 43.1. The van der Waals surface area contributed by atoms with Gasteiger partial charge in [0.05, 0.1) is 25.4 Å². The molecule has 0 bridgehead atoms. The summed E-state index contributed by atoms with van der Waals surface area (Å²) in [5.41, 5.74) is 0. The van der Waals surface area contributed by atoms with Crippen molar-refractivity contribution >= 4 is 5.91 Å². The van der Waals surface area contributed by atoms with E-state index >= 15 is 0 Å². The zero-order chi connectivity index (χ0) is 45.1. The van der Waals surface area contributed by atoms with Gasteiger partial charge in [0.25, 0.3) is 0 Å². The number of aliphatic hydroxyl groups is 5. The highest BCUT2D eigenvalue weighted by molar-refractivity contribution is 5.76.